The summed E-state index contributed by atoms with van der Waals surface area (Å²) in [4.78, 5) is 3.41. The molecule has 9 heteroatoms. The molecular weight excluding hydrogens is 350 g/mol. The largest absolute Gasteiger partial charge is 0.573 e. The zero-order valence-electron chi connectivity index (χ0n) is 7.36. The first-order valence-electron chi connectivity index (χ1n) is 3.70. The van der Waals surface area contributed by atoms with E-state index in [9.17, 15) is 22.0 Å². The molecule has 0 radical (unpaired) electrons. The zero-order chi connectivity index (χ0) is 12.5. The van der Waals surface area contributed by atoms with Gasteiger partial charge < -0.3 is 10.5 Å². The second-order valence-corrected chi connectivity index (χ2v) is 3.70. The molecule has 16 heavy (non-hydrogen) atoms. The lowest BCUT2D eigenvalue weighted by molar-refractivity contribution is -0.275. The van der Waals surface area contributed by atoms with Gasteiger partial charge in [0.2, 0.25) is 0 Å². The van der Waals surface area contributed by atoms with E-state index in [1.165, 1.54) is 0 Å². The summed E-state index contributed by atoms with van der Waals surface area (Å²) in [5, 5.41) is 0. The predicted octanol–water partition coefficient (Wildman–Crippen LogP) is 3.10. The summed E-state index contributed by atoms with van der Waals surface area (Å²) in [5.41, 5.74) is 4.16. The fraction of sp³-hybridized carbons (Fsp3) is 0.286. The Morgan fingerprint density at radius 3 is 2.38 bits per heavy atom. The highest BCUT2D eigenvalue weighted by Gasteiger charge is 2.35. The minimum Gasteiger partial charge on any atom is -0.401 e. The zero-order valence-corrected chi connectivity index (χ0v) is 9.51. The highest BCUT2D eigenvalue weighted by atomic mass is 127. The van der Waals surface area contributed by atoms with Gasteiger partial charge in [0, 0.05) is 0 Å². The van der Waals surface area contributed by atoms with Gasteiger partial charge in [-0.1, -0.05) is 0 Å². The van der Waals surface area contributed by atoms with E-state index < -0.39 is 29.9 Å². The van der Waals surface area contributed by atoms with Gasteiger partial charge in [0.05, 0.1) is 5.56 Å². The van der Waals surface area contributed by atoms with Crippen LogP contribution in [0.25, 0.3) is 0 Å². The number of nitrogens with zero attached hydrogens (tertiary/aromatic N) is 1. The maximum absolute atomic E-state index is 12.4. The van der Waals surface area contributed by atoms with Crippen LogP contribution in [-0.4, -0.2) is 11.3 Å². The molecule has 1 rings (SSSR count). The molecule has 0 bridgehead atoms. The summed E-state index contributed by atoms with van der Waals surface area (Å²) < 4.78 is 64.1. The number of hydrogen-bond acceptors (Lipinski definition) is 3. The lowest BCUT2D eigenvalue weighted by atomic mass is 10.2. The van der Waals surface area contributed by atoms with Crippen LogP contribution in [0.5, 0.6) is 5.75 Å². The van der Waals surface area contributed by atoms with Crippen LogP contribution >= 0.6 is 22.6 Å². The molecule has 1 heterocycles. The van der Waals surface area contributed by atoms with E-state index in [-0.39, 0.29) is 3.70 Å². The number of ether oxygens (including phenoxy) is 1. The molecule has 0 saturated heterocycles. The first-order valence-corrected chi connectivity index (χ1v) is 4.78. The first kappa shape index (κ1) is 13.2. The van der Waals surface area contributed by atoms with Crippen molar-refractivity contribution in [1.82, 2.24) is 4.98 Å². The Labute approximate surface area is 99.9 Å². The van der Waals surface area contributed by atoms with E-state index in [0.717, 1.165) is 6.07 Å². The molecule has 0 unspecified atom stereocenters. The molecule has 0 aromatic carbocycles. The molecule has 0 aliphatic rings. The summed E-state index contributed by atoms with van der Waals surface area (Å²) in [6, 6.07) is 0.780. The van der Waals surface area contributed by atoms with Crippen molar-refractivity contribution in [3.05, 3.63) is 15.3 Å². The molecule has 90 valence electrons. The molecule has 2 N–H and O–H groups in total. The smallest absolute Gasteiger partial charge is 0.401 e. The van der Waals surface area contributed by atoms with Crippen molar-refractivity contribution in [2.45, 2.75) is 12.8 Å². The van der Waals surface area contributed by atoms with Gasteiger partial charge in [-0.2, -0.15) is 0 Å². The molecule has 0 fully saturated rings. The normalized spacial score (nSPS) is 11.9. The molecule has 0 amide bonds. The van der Waals surface area contributed by atoms with Crippen molar-refractivity contribution in [1.29, 1.82) is 0 Å². The number of pyridine rings is 1. The molecule has 0 spiro atoms. The van der Waals surface area contributed by atoms with Crippen LogP contribution in [0, 0.1) is 3.70 Å². The molecular formula is C7H4F5IN2O. The van der Waals surface area contributed by atoms with E-state index in [2.05, 4.69) is 9.72 Å². The summed E-state index contributed by atoms with van der Waals surface area (Å²) in [7, 11) is 0. The van der Waals surface area contributed by atoms with Crippen LogP contribution < -0.4 is 10.5 Å². The van der Waals surface area contributed by atoms with Crippen molar-refractivity contribution < 1.29 is 26.7 Å². The first-order chi connectivity index (χ1) is 7.20. The minimum absolute atomic E-state index is 0.0555. The number of rotatable bonds is 2. The molecule has 0 saturated carbocycles. The molecule has 1 aromatic rings. The summed E-state index contributed by atoms with van der Waals surface area (Å²) >= 11 is 1.56. The second kappa shape index (κ2) is 4.55. The van der Waals surface area contributed by atoms with Crippen LogP contribution in [0.15, 0.2) is 6.07 Å². The number of halogens is 6. The quantitative estimate of drug-likeness (QED) is 0.505. The fourth-order valence-corrected chi connectivity index (χ4v) is 1.52. The molecule has 3 nitrogen and oxygen atoms in total. The van der Waals surface area contributed by atoms with Crippen molar-refractivity contribution in [3.63, 3.8) is 0 Å². The molecule has 1 aromatic heterocycles. The van der Waals surface area contributed by atoms with Gasteiger partial charge in [-0.15, -0.1) is 13.2 Å². The maximum Gasteiger partial charge on any atom is 0.573 e. The number of hydrogen-bond donors (Lipinski definition) is 1. The molecule has 0 aliphatic carbocycles. The summed E-state index contributed by atoms with van der Waals surface area (Å²) in [6.07, 6.45) is -8.22. The third-order valence-electron chi connectivity index (χ3n) is 1.45. The standard InChI is InChI=1S/C7H4F5IN2O/c8-5(9)2-1-3(13)15-6(14)4(2)16-7(10,11)12/h1,5H,(H2,14,15). The average Bonchev–Trinajstić information content (AvgIpc) is 2.07. The Balaban J connectivity index is 3.25. The van der Waals surface area contributed by atoms with Crippen LogP contribution in [0.2, 0.25) is 0 Å². The van der Waals surface area contributed by atoms with Crippen LogP contribution in [0.4, 0.5) is 27.8 Å². The number of anilines is 1. The van der Waals surface area contributed by atoms with Gasteiger partial charge in [0.15, 0.2) is 11.6 Å². The van der Waals surface area contributed by atoms with Gasteiger partial charge in [-0.3, -0.25) is 0 Å². The number of nitrogens with two attached hydrogens (primary N) is 1. The van der Waals surface area contributed by atoms with E-state index in [4.69, 9.17) is 5.73 Å². The average molecular weight is 354 g/mol. The van der Waals surface area contributed by atoms with Gasteiger partial charge in [0.1, 0.15) is 3.70 Å². The SMILES string of the molecule is Nc1nc(I)cc(C(F)F)c1OC(F)(F)F. The minimum atomic E-state index is -5.09. The van der Waals surface area contributed by atoms with Crippen molar-refractivity contribution >= 4 is 28.4 Å². The van der Waals surface area contributed by atoms with Gasteiger partial charge in [-0.05, 0) is 28.7 Å². The second-order valence-electron chi connectivity index (χ2n) is 2.60. The lowest BCUT2D eigenvalue weighted by Gasteiger charge is -2.14. The van der Waals surface area contributed by atoms with Crippen molar-refractivity contribution in [3.8, 4) is 5.75 Å². The van der Waals surface area contributed by atoms with Gasteiger partial charge in [-0.25, -0.2) is 13.8 Å². The number of alkyl halides is 5. The highest BCUT2D eigenvalue weighted by Crippen LogP contribution is 2.37. The molecule has 0 atom stereocenters. The van der Waals surface area contributed by atoms with E-state index in [1.54, 1.807) is 22.6 Å². The van der Waals surface area contributed by atoms with Crippen LogP contribution in [0.1, 0.15) is 12.0 Å². The van der Waals surface area contributed by atoms with Crippen LogP contribution in [0.3, 0.4) is 0 Å². The Kier molecular flexibility index (Phi) is 3.76. The van der Waals surface area contributed by atoms with Crippen molar-refractivity contribution in [2.24, 2.45) is 0 Å². The van der Waals surface area contributed by atoms with Crippen molar-refractivity contribution in [2.75, 3.05) is 5.73 Å². The fourth-order valence-electron chi connectivity index (χ4n) is 0.929. The summed E-state index contributed by atoms with van der Waals surface area (Å²) in [6.45, 7) is 0. The number of nitrogen functional groups attached to an aromatic ring is 1. The third-order valence-corrected chi connectivity index (χ3v) is 2.00. The Morgan fingerprint density at radius 1 is 1.38 bits per heavy atom. The molecule has 0 aliphatic heterocycles. The monoisotopic (exact) mass is 354 g/mol. The topological polar surface area (TPSA) is 48.1 Å². The van der Waals surface area contributed by atoms with Gasteiger partial charge in [0.25, 0.3) is 6.43 Å². The summed E-state index contributed by atoms with van der Waals surface area (Å²) in [5.74, 6) is -1.87. The van der Waals surface area contributed by atoms with E-state index in [1.807, 2.05) is 0 Å². The van der Waals surface area contributed by atoms with Crippen LogP contribution in [-0.2, 0) is 0 Å². The Morgan fingerprint density at radius 2 is 1.94 bits per heavy atom. The van der Waals surface area contributed by atoms with E-state index in [0.29, 0.717) is 0 Å². The Bertz CT molecular complexity index is 395. The maximum atomic E-state index is 12.4. The third kappa shape index (κ3) is 3.32. The highest BCUT2D eigenvalue weighted by molar-refractivity contribution is 14.1. The number of aromatic nitrogens is 1. The van der Waals surface area contributed by atoms with Gasteiger partial charge >= 0.3 is 6.36 Å². The predicted molar refractivity (Wildman–Crippen MR) is 53.0 cm³/mol. The van der Waals surface area contributed by atoms with E-state index >= 15 is 0 Å². The lowest BCUT2D eigenvalue weighted by Crippen LogP contribution is -2.20. The Hall–Kier alpha value is -0.870.